The summed E-state index contributed by atoms with van der Waals surface area (Å²) in [6, 6.07) is 20.9. The van der Waals surface area contributed by atoms with E-state index >= 15 is 0 Å². The molecule has 2 aromatic carbocycles. The van der Waals surface area contributed by atoms with E-state index in [9.17, 15) is 4.79 Å². The number of carbonyl (C=O) groups is 1. The summed E-state index contributed by atoms with van der Waals surface area (Å²) < 4.78 is 5.52. The molecule has 0 radical (unpaired) electrons. The number of esters is 1. The second-order valence-corrected chi connectivity index (χ2v) is 11.6. The monoisotopic (exact) mass is 324 g/mol. The molecule has 2 aromatic rings. The Bertz CT molecular complexity index is 681. The van der Waals surface area contributed by atoms with Crippen molar-refractivity contribution in [2.75, 3.05) is 6.61 Å². The summed E-state index contributed by atoms with van der Waals surface area (Å²) in [7, 11) is -2.02. The third-order valence-corrected chi connectivity index (χ3v) is 10.2. The van der Waals surface area contributed by atoms with Gasteiger partial charge in [0.15, 0.2) is 0 Å². The number of carbonyl (C=O) groups excluding carboxylic acids is 1. The maximum Gasteiger partial charge on any atom is 0.310 e. The third kappa shape index (κ3) is 2.53. The quantitative estimate of drug-likeness (QED) is 0.611. The van der Waals surface area contributed by atoms with E-state index in [0.717, 1.165) is 6.42 Å². The Morgan fingerprint density at radius 2 is 1.65 bits per heavy atom. The smallest absolute Gasteiger partial charge is 0.310 e. The van der Waals surface area contributed by atoms with Crippen LogP contribution in [-0.2, 0) is 9.53 Å². The van der Waals surface area contributed by atoms with E-state index in [1.807, 2.05) is 19.1 Å². The average Bonchev–Trinajstić information content (AvgIpc) is 3.34. The minimum absolute atomic E-state index is 0.00521. The van der Waals surface area contributed by atoms with E-state index < -0.39 is 8.07 Å². The van der Waals surface area contributed by atoms with Crippen LogP contribution in [-0.4, -0.2) is 20.7 Å². The van der Waals surface area contributed by atoms with E-state index in [0.29, 0.717) is 6.61 Å². The van der Waals surface area contributed by atoms with Gasteiger partial charge < -0.3 is 4.74 Å². The molecule has 1 saturated carbocycles. The lowest BCUT2D eigenvalue weighted by atomic mass is 10.1. The van der Waals surface area contributed by atoms with E-state index in [1.54, 1.807) is 0 Å². The molecule has 2 atom stereocenters. The molecule has 3 heteroatoms. The van der Waals surface area contributed by atoms with Crippen molar-refractivity contribution in [3.63, 3.8) is 0 Å². The molecule has 120 valence electrons. The van der Waals surface area contributed by atoms with Gasteiger partial charge in [0, 0.05) is 0 Å². The molecule has 3 rings (SSSR count). The molecule has 1 fully saturated rings. The fourth-order valence-electron chi connectivity index (χ4n) is 3.89. The molecule has 0 heterocycles. The largest absolute Gasteiger partial charge is 0.466 e. The first-order chi connectivity index (χ1) is 11.0. The number of hydrogen-bond donors (Lipinski definition) is 0. The molecule has 0 N–H and O–H groups in total. The molecule has 0 unspecified atom stereocenters. The highest BCUT2D eigenvalue weighted by Gasteiger charge is 2.70. The van der Waals surface area contributed by atoms with Gasteiger partial charge in [0.2, 0.25) is 0 Å². The SMILES string of the molecule is CCOC(=O)[C@]1([Si](C)(C)c2ccccc2)C[C@H]1c1ccccc1. The summed E-state index contributed by atoms with van der Waals surface area (Å²) in [6.07, 6.45) is 0.907. The molecule has 1 aliphatic carbocycles. The van der Waals surface area contributed by atoms with Crippen LogP contribution in [0.2, 0.25) is 18.1 Å². The van der Waals surface area contributed by atoms with Crippen molar-refractivity contribution >= 4 is 19.2 Å². The molecular weight excluding hydrogens is 300 g/mol. The number of ether oxygens (including phenoxy) is 1. The predicted molar refractivity (Wildman–Crippen MR) is 96.7 cm³/mol. The molecule has 0 bridgehead atoms. The zero-order valence-electron chi connectivity index (χ0n) is 14.1. The Kier molecular flexibility index (Phi) is 4.15. The maximum atomic E-state index is 12.9. The molecular formula is C20H24O2Si. The van der Waals surface area contributed by atoms with Gasteiger partial charge in [0.1, 0.15) is 8.07 Å². The van der Waals surface area contributed by atoms with Gasteiger partial charge in [0.05, 0.1) is 11.6 Å². The van der Waals surface area contributed by atoms with Crippen LogP contribution >= 0.6 is 0 Å². The minimum atomic E-state index is -2.02. The first-order valence-corrected chi connectivity index (χ1v) is 11.3. The summed E-state index contributed by atoms with van der Waals surface area (Å²) in [5.74, 6) is 0.277. The zero-order chi connectivity index (χ0) is 16.5. The van der Waals surface area contributed by atoms with Crippen molar-refractivity contribution in [3.05, 3.63) is 66.2 Å². The molecule has 23 heavy (non-hydrogen) atoms. The fourth-order valence-corrected chi connectivity index (χ4v) is 7.77. The Morgan fingerprint density at radius 1 is 1.09 bits per heavy atom. The van der Waals surface area contributed by atoms with Crippen molar-refractivity contribution in [2.24, 2.45) is 0 Å². The number of hydrogen-bond acceptors (Lipinski definition) is 2. The standard InChI is InChI=1S/C20H24O2Si/c1-4-22-19(21)20(15-18(20)16-11-7-5-8-12-16)23(2,3)17-13-9-6-10-14-17/h5-14,18H,4,15H2,1-3H3/t18-,20-/m0/s1. The molecule has 2 nitrogen and oxygen atoms in total. The van der Waals surface area contributed by atoms with E-state index in [2.05, 4.69) is 61.6 Å². The van der Waals surface area contributed by atoms with Crippen LogP contribution in [0.3, 0.4) is 0 Å². The van der Waals surface area contributed by atoms with Crippen molar-refractivity contribution < 1.29 is 9.53 Å². The average molecular weight is 324 g/mol. The topological polar surface area (TPSA) is 26.3 Å². The summed E-state index contributed by atoms with van der Waals surface area (Å²) in [5, 5.41) is 0.984. The second kappa shape index (κ2) is 5.97. The van der Waals surface area contributed by atoms with Crippen LogP contribution < -0.4 is 5.19 Å². The summed E-state index contributed by atoms with van der Waals surface area (Å²) >= 11 is 0. The van der Waals surface area contributed by atoms with Crippen molar-refractivity contribution in [1.82, 2.24) is 0 Å². The highest BCUT2D eigenvalue weighted by molar-refractivity contribution is 6.95. The predicted octanol–water partition coefficient (Wildman–Crippen LogP) is 4.09. The van der Waals surface area contributed by atoms with Crippen LogP contribution in [0.5, 0.6) is 0 Å². The van der Waals surface area contributed by atoms with Crippen LogP contribution in [0, 0.1) is 0 Å². The first-order valence-electron chi connectivity index (χ1n) is 8.31. The molecule has 0 aromatic heterocycles. The van der Waals surface area contributed by atoms with Crippen molar-refractivity contribution in [1.29, 1.82) is 0 Å². The zero-order valence-corrected chi connectivity index (χ0v) is 15.1. The fraction of sp³-hybridized carbons (Fsp3) is 0.350. The summed E-state index contributed by atoms with van der Waals surface area (Å²) in [4.78, 5) is 12.9. The minimum Gasteiger partial charge on any atom is -0.466 e. The maximum absolute atomic E-state index is 12.9. The molecule has 0 saturated heterocycles. The number of rotatable bonds is 5. The van der Waals surface area contributed by atoms with Gasteiger partial charge in [-0.15, -0.1) is 0 Å². The van der Waals surface area contributed by atoms with Gasteiger partial charge >= 0.3 is 5.97 Å². The van der Waals surface area contributed by atoms with Gasteiger partial charge in [0.25, 0.3) is 0 Å². The van der Waals surface area contributed by atoms with Gasteiger partial charge in [-0.05, 0) is 24.8 Å². The van der Waals surface area contributed by atoms with Crippen LogP contribution in [0.1, 0.15) is 24.8 Å². The lowest BCUT2D eigenvalue weighted by Gasteiger charge is -2.33. The van der Waals surface area contributed by atoms with Crippen molar-refractivity contribution in [3.8, 4) is 0 Å². The molecule has 0 amide bonds. The van der Waals surface area contributed by atoms with Gasteiger partial charge in [-0.3, -0.25) is 4.79 Å². The number of benzene rings is 2. The second-order valence-electron chi connectivity index (χ2n) is 6.85. The van der Waals surface area contributed by atoms with E-state index in [-0.39, 0.29) is 16.9 Å². The summed E-state index contributed by atoms with van der Waals surface area (Å²) in [6.45, 7) is 6.95. The van der Waals surface area contributed by atoms with Crippen LogP contribution in [0.15, 0.2) is 60.7 Å². The summed E-state index contributed by atoms with van der Waals surface area (Å²) in [5.41, 5.74) is 1.26. The molecule has 1 aliphatic rings. The molecule has 0 spiro atoms. The Hall–Kier alpha value is -1.87. The lowest BCUT2D eigenvalue weighted by molar-refractivity contribution is -0.144. The Labute approximate surface area is 139 Å². The first kappa shape index (κ1) is 16.0. The van der Waals surface area contributed by atoms with Gasteiger partial charge in [-0.25, -0.2) is 0 Å². The van der Waals surface area contributed by atoms with Gasteiger partial charge in [-0.1, -0.05) is 78.9 Å². The molecule has 0 aliphatic heterocycles. The third-order valence-electron chi connectivity index (χ3n) is 5.41. The Balaban J connectivity index is 2.03. The highest BCUT2D eigenvalue weighted by atomic mass is 28.3. The Morgan fingerprint density at radius 3 is 2.22 bits per heavy atom. The lowest BCUT2D eigenvalue weighted by Crippen LogP contribution is -2.51. The van der Waals surface area contributed by atoms with Gasteiger partial charge in [-0.2, -0.15) is 0 Å². The van der Waals surface area contributed by atoms with E-state index in [1.165, 1.54) is 10.8 Å². The van der Waals surface area contributed by atoms with E-state index in [4.69, 9.17) is 4.74 Å². The highest BCUT2D eigenvalue weighted by Crippen LogP contribution is 2.71. The van der Waals surface area contributed by atoms with Crippen LogP contribution in [0.4, 0.5) is 0 Å². The van der Waals surface area contributed by atoms with Crippen LogP contribution in [0.25, 0.3) is 0 Å². The van der Waals surface area contributed by atoms with Crippen molar-refractivity contribution in [2.45, 2.75) is 37.4 Å². The normalized spacial score (nSPS) is 23.3.